The first-order valence-corrected chi connectivity index (χ1v) is 12.3. The Morgan fingerprint density at radius 3 is 2.21 bits per heavy atom. The van der Waals surface area contributed by atoms with Crippen LogP contribution in [0.25, 0.3) is 0 Å². The van der Waals surface area contributed by atoms with Gasteiger partial charge in [-0.15, -0.1) is 0 Å². The standard InChI is InChI=1S/C25H26ClNO6S/c1-17(2)27(25(28)21-7-5-6-8-22(21)26)16-18-9-14-23(32-4)24(15-18)33-34(29,30)20-12-10-19(31-3)11-13-20/h5-15,17H,16H2,1-4H3. The number of methoxy groups -OCH3 is 2. The van der Waals surface area contributed by atoms with E-state index in [1.165, 1.54) is 38.5 Å². The van der Waals surface area contributed by atoms with Gasteiger partial charge in [-0.3, -0.25) is 4.79 Å². The van der Waals surface area contributed by atoms with E-state index < -0.39 is 10.1 Å². The van der Waals surface area contributed by atoms with E-state index >= 15 is 0 Å². The number of rotatable bonds is 9. The van der Waals surface area contributed by atoms with Crippen molar-refractivity contribution >= 4 is 27.6 Å². The van der Waals surface area contributed by atoms with E-state index in [-0.39, 0.29) is 34.9 Å². The normalized spacial score (nSPS) is 11.2. The third-order valence-corrected chi connectivity index (χ3v) is 6.70. The molecule has 180 valence electrons. The molecule has 0 atom stereocenters. The zero-order chi connectivity index (χ0) is 24.9. The highest BCUT2D eigenvalue weighted by molar-refractivity contribution is 7.87. The van der Waals surface area contributed by atoms with Crippen molar-refractivity contribution in [1.29, 1.82) is 0 Å². The molecule has 9 heteroatoms. The Morgan fingerprint density at radius 1 is 0.941 bits per heavy atom. The van der Waals surface area contributed by atoms with Gasteiger partial charge in [0, 0.05) is 12.6 Å². The van der Waals surface area contributed by atoms with Crippen LogP contribution in [0.15, 0.2) is 71.6 Å². The minimum absolute atomic E-state index is 0.0183. The Morgan fingerprint density at radius 2 is 1.62 bits per heavy atom. The molecule has 1 amide bonds. The van der Waals surface area contributed by atoms with Gasteiger partial charge in [-0.05, 0) is 67.9 Å². The quantitative estimate of drug-likeness (QED) is 0.374. The molecule has 0 N–H and O–H groups in total. The fraction of sp³-hybridized carbons (Fsp3) is 0.240. The molecule has 0 aromatic heterocycles. The predicted molar refractivity (Wildman–Crippen MR) is 130 cm³/mol. The van der Waals surface area contributed by atoms with Crippen molar-refractivity contribution in [3.8, 4) is 17.2 Å². The van der Waals surface area contributed by atoms with E-state index in [4.69, 9.17) is 25.3 Å². The lowest BCUT2D eigenvalue weighted by atomic mass is 10.1. The summed E-state index contributed by atoms with van der Waals surface area (Å²) in [4.78, 5) is 14.8. The predicted octanol–water partition coefficient (Wildman–Crippen LogP) is 5.18. The van der Waals surface area contributed by atoms with Crippen LogP contribution in [0.3, 0.4) is 0 Å². The molecule has 0 aliphatic rings. The van der Waals surface area contributed by atoms with E-state index in [9.17, 15) is 13.2 Å². The molecule has 3 aromatic carbocycles. The third kappa shape index (κ3) is 5.81. The lowest BCUT2D eigenvalue weighted by molar-refractivity contribution is 0.0690. The Kier molecular flexibility index (Phi) is 8.06. The van der Waals surface area contributed by atoms with Crippen LogP contribution >= 0.6 is 11.6 Å². The maximum absolute atomic E-state index is 13.2. The van der Waals surface area contributed by atoms with Gasteiger partial charge >= 0.3 is 10.1 Å². The summed E-state index contributed by atoms with van der Waals surface area (Å²) in [6.45, 7) is 4.00. The average molecular weight is 504 g/mol. The second kappa shape index (κ2) is 10.8. The van der Waals surface area contributed by atoms with Gasteiger partial charge in [0.05, 0.1) is 24.8 Å². The zero-order valence-corrected chi connectivity index (χ0v) is 20.9. The van der Waals surface area contributed by atoms with Crippen LogP contribution in [0.5, 0.6) is 17.2 Å². The lowest BCUT2D eigenvalue weighted by Gasteiger charge is -2.27. The van der Waals surface area contributed by atoms with Crippen molar-refractivity contribution in [2.45, 2.75) is 31.3 Å². The first-order valence-electron chi connectivity index (χ1n) is 10.5. The van der Waals surface area contributed by atoms with Crippen LogP contribution in [0.1, 0.15) is 29.8 Å². The van der Waals surface area contributed by atoms with Gasteiger partial charge in [-0.25, -0.2) is 0 Å². The molecule has 0 saturated heterocycles. The SMILES string of the molecule is COc1ccc(S(=O)(=O)Oc2cc(CN(C(=O)c3ccccc3Cl)C(C)C)ccc2OC)cc1. The molecule has 0 bridgehead atoms. The van der Waals surface area contributed by atoms with E-state index in [1.807, 2.05) is 13.8 Å². The number of hydrogen-bond donors (Lipinski definition) is 0. The van der Waals surface area contributed by atoms with E-state index in [1.54, 1.807) is 47.4 Å². The Labute approximate surface area is 204 Å². The largest absolute Gasteiger partial charge is 0.497 e. The number of halogens is 1. The molecule has 0 heterocycles. The average Bonchev–Trinajstić information content (AvgIpc) is 2.82. The van der Waals surface area contributed by atoms with Crippen LogP contribution in [-0.2, 0) is 16.7 Å². The van der Waals surface area contributed by atoms with Crippen LogP contribution in [0.2, 0.25) is 5.02 Å². The Bertz CT molecular complexity index is 1260. The van der Waals surface area contributed by atoms with E-state index in [0.717, 1.165) is 0 Å². The Hall–Kier alpha value is -3.23. The van der Waals surface area contributed by atoms with Gasteiger partial charge in [0.15, 0.2) is 11.5 Å². The van der Waals surface area contributed by atoms with E-state index in [0.29, 0.717) is 21.9 Å². The molecule has 0 radical (unpaired) electrons. The summed E-state index contributed by atoms with van der Waals surface area (Å²) < 4.78 is 41.5. The van der Waals surface area contributed by atoms with Gasteiger partial charge in [-0.1, -0.05) is 29.8 Å². The van der Waals surface area contributed by atoms with Crippen molar-refractivity contribution in [1.82, 2.24) is 4.90 Å². The highest BCUT2D eigenvalue weighted by Gasteiger charge is 2.23. The molecule has 0 fully saturated rings. The molecule has 7 nitrogen and oxygen atoms in total. The monoisotopic (exact) mass is 503 g/mol. The summed E-state index contributed by atoms with van der Waals surface area (Å²) in [5, 5.41) is 0.363. The summed E-state index contributed by atoms with van der Waals surface area (Å²) in [5.74, 6) is 0.555. The van der Waals surface area contributed by atoms with Crippen LogP contribution < -0.4 is 13.7 Å². The summed E-state index contributed by atoms with van der Waals surface area (Å²) in [6.07, 6.45) is 0. The lowest BCUT2D eigenvalue weighted by Crippen LogP contribution is -2.36. The number of carbonyl (C=O) groups excluding carboxylic acids is 1. The van der Waals surface area contributed by atoms with Crippen molar-refractivity contribution in [2.75, 3.05) is 14.2 Å². The molecule has 3 aromatic rings. The second-order valence-corrected chi connectivity index (χ2v) is 9.66. The minimum atomic E-state index is -4.13. The van der Waals surface area contributed by atoms with Crippen LogP contribution in [0, 0.1) is 0 Å². The summed E-state index contributed by atoms with van der Waals surface area (Å²) in [6, 6.07) is 17.5. The van der Waals surface area contributed by atoms with Crippen molar-refractivity contribution in [3.63, 3.8) is 0 Å². The Balaban J connectivity index is 1.90. The molecular weight excluding hydrogens is 478 g/mol. The zero-order valence-electron chi connectivity index (χ0n) is 19.3. The smallest absolute Gasteiger partial charge is 0.339 e. The van der Waals surface area contributed by atoms with Crippen molar-refractivity contribution in [2.24, 2.45) is 0 Å². The van der Waals surface area contributed by atoms with Crippen LogP contribution in [0.4, 0.5) is 0 Å². The first kappa shape index (κ1) is 25.4. The number of amides is 1. The summed E-state index contributed by atoms with van der Waals surface area (Å²) >= 11 is 6.23. The molecule has 34 heavy (non-hydrogen) atoms. The summed E-state index contributed by atoms with van der Waals surface area (Å²) in [7, 11) is -1.22. The minimum Gasteiger partial charge on any atom is -0.497 e. The first-order chi connectivity index (χ1) is 16.2. The molecule has 0 aliphatic carbocycles. The van der Waals surface area contributed by atoms with Gasteiger partial charge < -0.3 is 18.6 Å². The highest BCUT2D eigenvalue weighted by atomic mass is 35.5. The maximum Gasteiger partial charge on any atom is 0.339 e. The number of benzene rings is 3. The van der Waals surface area contributed by atoms with Gasteiger partial charge in [0.2, 0.25) is 0 Å². The number of ether oxygens (including phenoxy) is 2. The fourth-order valence-electron chi connectivity index (χ4n) is 3.27. The van der Waals surface area contributed by atoms with Gasteiger partial charge in [-0.2, -0.15) is 8.42 Å². The third-order valence-electron chi connectivity index (χ3n) is 5.12. The molecule has 0 unspecified atom stereocenters. The molecule has 3 rings (SSSR count). The van der Waals surface area contributed by atoms with Crippen molar-refractivity contribution < 1.29 is 26.9 Å². The molecule has 0 spiro atoms. The van der Waals surface area contributed by atoms with Crippen molar-refractivity contribution in [3.05, 3.63) is 82.9 Å². The number of carbonyl (C=O) groups is 1. The second-order valence-electron chi connectivity index (χ2n) is 7.70. The van der Waals surface area contributed by atoms with Crippen LogP contribution in [-0.4, -0.2) is 39.5 Å². The van der Waals surface area contributed by atoms with E-state index in [2.05, 4.69) is 0 Å². The fourth-order valence-corrected chi connectivity index (χ4v) is 4.42. The molecule has 0 aliphatic heterocycles. The molecular formula is C25H26ClNO6S. The van der Waals surface area contributed by atoms with Gasteiger partial charge in [0.25, 0.3) is 5.91 Å². The van der Waals surface area contributed by atoms with Gasteiger partial charge in [0.1, 0.15) is 10.6 Å². The number of nitrogens with zero attached hydrogens (tertiary/aromatic N) is 1. The number of hydrogen-bond acceptors (Lipinski definition) is 6. The topological polar surface area (TPSA) is 82.1 Å². The summed E-state index contributed by atoms with van der Waals surface area (Å²) in [5.41, 5.74) is 1.06. The molecule has 0 saturated carbocycles. The highest BCUT2D eigenvalue weighted by Crippen LogP contribution is 2.32. The maximum atomic E-state index is 13.2.